The first-order valence-corrected chi connectivity index (χ1v) is 11.0. The molecule has 4 heteroatoms. The van der Waals surface area contributed by atoms with Gasteiger partial charge in [-0.15, -0.1) is 12.6 Å². The first kappa shape index (κ1) is 16.9. The van der Waals surface area contributed by atoms with Crippen molar-refractivity contribution in [3.05, 3.63) is 59.7 Å². The van der Waals surface area contributed by atoms with Gasteiger partial charge in [-0.2, -0.15) is 0 Å². The second-order valence-electron chi connectivity index (χ2n) is 7.51. The molecule has 0 heterocycles. The van der Waals surface area contributed by atoms with E-state index in [4.69, 9.17) is 0 Å². The molecular formula is C21H22O2S2. The predicted octanol–water partition coefficient (Wildman–Crippen LogP) is 5.25. The Labute approximate surface area is 155 Å². The van der Waals surface area contributed by atoms with Crippen LogP contribution >= 0.6 is 12.6 Å². The Morgan fingerprint density at radius 3 is 1.72 bits per heavy atom. The van der Waals surface area contributed by atoms with Crippen LogP contribution in [0.5, 0.6) is 0 Å². The molecule has 0 atom stereocenters. The smallest absolute Gasteiger partial charge is 0.175 e. The van der Waals surface area contributed by atoms with Crippen molar-refractivity contribution >= 4 is 33.6 Å². The number of hydrogen-bond acceptors (Lipinski definition) is 3. The molecule has 0 aromatic heterocycles. The van der Waals surface area contributed by atoms with Gasteiger partial charge in [-0.05, 0) is 77.6 Å². The summed E-state index contributed by atoms with van der Waals surface area (Å²) in [6.07, 6.45) is 7.40. The summed E-state index contributed by atoms with van der Waals surface area (Å²) in [6.45, 7) is 0. The molecule has 2 aliphatic carbocycles. The fourth-order valence-electron chi connectivity index (χ4n) is 4.17. The third-order valence-electron chi connectivity index (χ3n) is 5.73. The first-order valence-electron chi connectivity index (χ1n) is 8.68. The lowest BCUT2D eigenvalue weighted by atomic mass is 9.66. The summed E-state index contributed by atoms with van der Waals surface area (Å²) in [4.78, 5) is 1.36. The topological polar surface area (TPSA) is 34.1 Å². The molecule has 0 N–H and O–H groups in total. The van der Waals surface area contributed by atoms with E-state index in [-0.39, 0.29) is 0 Å². The number of thiol groups is 1. The first-order chi connectivity index (χ1) is 11.9. The highest BCUT2D eigenvalue weighted by atomic mass is 32.2. The molecule has 0 aliphatic heterocycles. The third kappa shape index (κ3) is 3.18. The van der Waals surface area contributed by atoms with Crippen LogP contribution in [-0.4, -0.2) is 14.7 Å². The number of sulfone groups is 1. The van der Waals surface area contributed by atoms with Crippen molar-refractivity contribution in [1.82, 2.24) is 0 Å². The molecule has 2 aromatic carbocycles. The minimum absolute atomic E-state index is 0.384. The summed E-state index contributed by atoms with van der Waals surface area (Å²) in [5, 5.41) is 0. The molecule has 25 heavy (non-hydrogen) atoms. The minimum atomic E-state index is -3.15. The predicted molar refractivity (Wildman–Crippen MR) is 106 cm³/mol. The van der Waals surface area contributed by atoms with Crippen LogP contribution in [0.1, 0.15) is 43.2 Å². The Hall–Kier alpha value is -1.52. The molecule has 1 spiro atoms. The molecule has 2 nitrogen and oxygen atoms in total. The molecule has 130 valence electrons. The van der Waals surface area contributed by atoms with Gasteiger partial charge in [0, 0.05) is 11.2 Å². The second kappa shape index (κ2) is 6.03. The Bertz CT molecular complexity index is 932. The quantitative estimate of drug-likeness (QED) is 0.748. The molecule has 1 fully saturated rings. The van der Waals surface area contributed by atoms with Crippen LogP contribution in [0.3, 0.4) is 0 Å². The summed E-state index contributed by atoms with van der Waals surface area (Å²) in [5.41, 5.74) is 5.65. The number of hydrogen-bond donors (Lipinski definition) is 1. The van der Waals surface area contributed by atoms with Gasteiger partial charge in [0.1, 0.15) is 0 Å². The van der Waals surface area contributed by atoms with Crippen molar-refractivity contribution < 1.29 is 8.42 Å². The zero-order valence-corrected chi connectivity index (χ0v) is 16.0. The van der Waals surface area contributed by atoms with Gasteiger partial charge < -0.3 is 0 Å². The van der Waals surface area contributed by atoms with E-state index in [9.17, 15) is 8.42 Å². The van der Waals surface area contributed by atoms with Crippen LogP contribution in [0.4, 0.5) is 0 Å². The third-order valence-corrected chi connectivity index (χ3v) is 7.16. The fraction of sp³-hybridized carbons (Fsp3) is 0.333. The summed E-state index contributed by atoms with van der Waals surface area (Å²) < 4.78 is 23.4. The highest BCUT2D eigenvalue weighted by molar-refractivity contribution is 7.90. The van der Waals surface area contributed by atoms with Gasteiger partial charge in [-0.3, -0.25) is 0 Å². The van der Waals surface area contributed by atoms with Crippen molar-refractivity contribution in [2.24, 2.45) is 5.41 Å². The van der Waals surface area contributed by atoms with Crippen molar-refractivity contribution in [2.75, 3.05) is 6.26 Å². The molecule has 1 saturated carbocycles. The van der Waals surface area contributed by atoms with Gasteiger partial charge in [-0.1, -0.05) is 30.7 Å². The Morgan fingerprint density at radius 2 is 1.32 bits per heavy atom. The highest BCUT2D eigenvalue weighted by Crippen LogP contribution is 2.59. The van der Waals surface area contributed by atoms with Crippen molar-refractivity contribution in [2.45, 2.75) is 41.9 Å². The standard InChI is InChI=1S/C21H22O2S2/c1-25(22,23)18-9-5-16(6-10-18)20-14-21(11-2-12-21)13-19(20)15-3-7-17(24)8-4-15/h3-10,24H,2,11-14H2,1H3. The fourth-order valence-corrected chi connectivity index (χ4v) is 4.95. The van der Waals surface area contributed by atoms with Crippen molar-refractivity contribution in [3.63, 3.8) is 0 Å². The zero-order chi connectivity index (χ0) is 17.7. The van der Waals surface area contributed by atoms with E-state index in [0.717, 1.165) is 23.3 Å². The Kier molecular flexibility index (Phi) is 4.08. The van der Waals surface area contributed by atoms with Gasteiger partial charge in [0.2, 0.25) is 0 Å². The van der Waals surface area contributed by atoms with E-state index in [1.807, 2.05) is 24.3 Å². The van der Waals surface area contributed by atoms with Crippen LogP contribution in [-0.2, 0) is 9.84 Å². The lowest BCUT2D eigenvalue weighted by molar-refractivity contribution is 0.157. The van der Waals surface area contributed by atoms with Crippen molar-refractivity contribution in [1.29, 1.82) is 0 Å². The van der Waals surface area contributed by atoms with E-state index in [0.29, 0.717) is 10.3 Å². The zero-order valence-electron chi connectivity index (χ0n) is 14.3. The molecule has 0 unspecified atom stereocenters. The highest BCUT2D eigenvalue weighted by Gasteiger charge is 2.43. The van der Waals surface area contributed by atoms with Gasteiger partial charge in [0.15, 0.2) is 9.84 Å². The average molecular weight is 371 g/mol. The van der Waals surface area contributed by atoms with E-state index in [1.165, 1.54) is 42.2 Å². The summed E-state index contributed by atoms with van der Waals surface area (Å²) in [7, 11) is -3.15. The summed E-state index contributed by atoms with van der Waals surface area (Å²) in [6, 6.07) is 15.8. The van der Waals surface area contributed by atoms with Gasteiger partial charge in [0.05, 0.1) is 4.90 Å². The summed E-state index contributed by atoms with van der Waals surface area (Å²) in [5.74, 6) is 0. The monoisotopic (exact) mass is 370 g/mol. The Balaban J connectivity index is 1.77. The normalized spacial score (nSPS) is 19.3. The van der Waals surface area contributed by atoms with Crippen LogP contribution < -0.4 is 0 Å². The maximum atomic E-state index is 11.7. The minimum Gasteiger partial charge on any atom is -0.224 e. The molecular weight excluding hydrogens is 348 g/mol. The number of rotatable bonds is 3. The molecule has 0 amide bonds. The summed E-state index contributed by atoms with van der Waals surface area (Å²) >= 11 is 4.40. The molecule has 0 radical (unpaired) electrons. The van der Waals surface area contributed by atoms with Crippen LogP contribution in [0.2, 0.25) is 0 Å². The van der Waals surface area contributed by atoms with Gasteiger partial charge in [0.25, 0.3) is 0 Å². The van der Waals surface area contributed by atoms with Gasteiger partial charge in [-0.25, -0.2) is 8.42 Å². The maximum absolute atomic E-state index is 11.7. The van der Waals surface area contributed by atoms with Crippen LogP contribution in [0.25, 0.3) is 11.1 Å². The van der Waals surface area contributed by atoms with Crippen molar-refractivity contribution in [3.8, 4) is 0 Å². The largest absolute Gasteiger partial charge is 0.224 e. The molecule has 0 saturated heterocycles. The van der Waals surface area contributed by atoms with E-state index >= 15 is 0 Å². The van der Waals surface area contributed by atoms with E-state index in [2.05, 4.69) is 24.8 Å². The van der Waals surface area contributed by atoms with Crippen LogP contribution in [0, 0.1) is 5.41 Å². The lowest BCUT2D eigenvalue weighted by Gasteiger charge is -2.39. The van der Waals surface area contributed by atoms with Gasteiger partial charge >= 0.3 is 0 Å². The lowest BCUT2D eigenvalue weighted by Crippen LogP contribution is -2.26. The number of benzene rings is 2. The van der Waals surface area contributed by atoms with Crippen LogP contribution in [0.15, 0.2) is 58.3 Å². The van der Waals surface area contributed by atoms with E-state index < -0.39 is 9.84 Å². The second-order valence-corrected chi connectivity index (χ2v) is 10.0. The average Bonchev–Trinajstić information content (AvgIpc) is 2.96. The van der Waals surface area contributed by atoms with E-state index in [1.54, 1.807) is 12.1 Å². The molecule has 2 aliphatic rings. The maximum Gasteiger partial charge on any atom is 0.175 e. The molecule has 2 aromatic rings. The SMILES string of the molecule is CS(=O)(=O)c1ccc(C2=C(c3ccc(S)cc3)CC3(CCC3)C2)cc1. The molecule has 0 bridgehead atoms. The Morgan fingerprint density at radius 1 is 0.840 bits per heavy atom. The number of allylic oxidation sites excluding steroid dienone is 2. The molecule has 4 rings (SSSR count).